The largest absolute Gasteiger partial charge is 0.507 e. The molecule has 3 heteroatoms. The molecule has 0 unspecified atom stereocenters. The molecule has 1 aromatic rings. The maximum atomic E-state index is 11.1. The average molecular weight is 236 g/mol. The van der Waals surface area contributed by atoms with Gasteiger partial charge >= 0.3 is 0 Å². The van der Waals surface area contributed by atoms with Crippen LogP contribution in [-0.4, -0.2) is 17.5 Å². The van der Waals surface area contributed by atoms with Crippen LogP contribution < -0.4 is 4.74 Å². The third-order valence-corrected chi connectivity index (χ3v) is 2.62. The van der Waals surface area contributed by atoms with E-state index in [-0.39, 0.29) is 11.5 Å². The molecule has 0 bridgehead atoms. The van der Waals surface area contributed by atoms with Crippen molar-refractivity contribution >= 4 is 5.78 Å². The molecule has 1 rings (SSSR count). The minimum atomic E-state index is -0.142. The quantitative estimate of drug-likeness (QED) is 0.581. The summed E-state index contributed by atoms with van der Waals surface area (Å²) in [6.07, 6.45) is 4.60. The third kappa shape index (κ3) is 4.47. The topological polar surface area (TPSA) is 46.5 Å². The first-order valence-corrected chi connectivity index (χ1v) is 6.12. The summed E-state index contributed by atoms with van der Waals surface area (Å²) in [6, 6.07) is 4.81. The zero-order valence-electron chi connectivity index (χ0n) is 10.5. The molecule has 1 aromatic carbocycles. The van der Waals surface area contributed by atoms with Crippen molar-refractivity contribution in [3.8, 4) is 11.5 Å². The lowest BCUT2D eigenvalue weighted by atomic mass is 10.1. The van der Waals surface area contributed by atoms with E-state index in [9.17, 15) is 9.90 Å². The van der Waals surface area contributed by atoms with Crippen LogP contribution in [0.15, 0.2) is 18.2 Å². The van der Waals surface area contributed by atoms with Gasteiger partial charge < -0.3 is 9.84 Å². The van der Waals surface area contributed by atoms with Crippen molar-refractivity contribution in [2.75, 3.05) is 6.61 Å². The molecule has 0 radical (unpaired) electrons. The molecule has 0 aliphatic heterocycles. The number of unbranched alkanes of at least 4 members (excludes halogenated alkanes) is 3. The number of hydrogen-bond acceptors (Lipinski definition) is 3. The van der Waals surface area contributed by atoms with E-state index in [0.29, 0.717) is 17.9 Å². The van der Waals surface area contributed by atoms with Crippen molar-refractivity contribution in [3.05, 3.63) is 23.8 Å². The second kappa shape index (κ2) is 6.94. The lowest BCUT2D eigenvalue weighted by Gasteiger charge is -2.07. The van der Waals surface area contributed by atoms with Crippen LogP contribution in [0.1, 0.15) is 49.9 Å². The second-order valence-electron chi connectivity index (χ2n) is 4.14. The number of carbonyl (C=O) groups is 1. The van der Waals surface area contributed by atoms with Gasteiger partial charge in [-0.05, 0) is 25.5 Å². The number of phenols is 1. The van der Waals surface area contributed by atoms with Gasteiger partial charge in [0, 0.05) is 6.07 Å². The van der Waals surface area contributed by atoms with Crippen molar-refractivity contribution in [1.29, 1.82) is 0 Å². The molecule has 0 fully saturated rings. The van der Waals surface area contributed by atoms with Crippen LogP contribution in [-0.2, 0) is 0 Å². The molecule has 0 spiro atoms. The van der Waals surface area contributed by atoms with E-state index in [2.05, 4.69) is 6.92 Å². The molecule has 0 aliphatic rings. The second-order valence-corrected chi connectivity index (χ2v) is 4.14. The Morgan fingerprint density at radius 2 is 2.06 bits per heavy atom. The highest BCUT2D eigenvalue weighted by Gasteiger charge is 2.07. The fraction of sp³-hybridized carbons (Fsp3) is 0.500. The van der Waals surface area contributed by atoms with E-state index >= 15 is 0 Å². The molecular weight excluding hydrogens is 216 g/mol. The van der Waals surface area contributed by atoms with Gasteiger partial charge in [0.25, 0.3) is 0 Å². The summed E-state index contributed by atoms with van der Waals surface area (Å²) in [5.41, 5.74) is 0.336. The Labute approximate surface area is 102 Å². The van der Waals surface area contributed by atoms with E-state index in [1.54, 1.807) is 12.1 Å². The van der Waals surface area contributed by atoms with Gasteiger partial charge in [0.05, 0.1) is 12.2 Å². The molecule has 0 saturated carbocycles. The zero-order valence-corrected chi connectivity index (χ0v) is 10.5. The van der Waals surface area contributed by atoms with Crippen LogP contribution in [0.5, 0.6) is 11.5 Å². The normalized spacial score (nSPS) is 10.2. The Morgan fingerprint density at radius 3 is 2.65 bits per heavy atom. The summed E-state index contributed by atoms with van der Waals surface area (Å²) < 4.78 is 5.50. The van der Waals surface area contributed by atoms with Gasteiger partial charge in [0.1, 0.15) is 11.5 Å². The van der Waals surface area contributed by atoms with Crippen LogP contribution in [0.2, 0.25) is 0 Å². The molecule has 0 aliphatic carbocycles. The Balaban J connectivity index is 2.45. The average Bonchev–Trinajstić information content (AvgIpc) is 2.28. The summed E-state index contributed by atoms with van der Waals surface area (Å²) in [5.74, 6) is 0.463. The van der Waals surface area contributed by atoms with Crippen LogP contribution in [0.25, 0.3) is 0 Å². The number of ketones is 1. The van der Waals surface area contributed by atoms with E-state index in [4.69, 9.17) is 4.74 Å². The van der Waals surface area contributed by atoms with Gasteiger partial charge in [0.15, 0.2) is 5.78 Å². The Kier molecular flexibility index (Phi) is 5.53. The lowest BCUT2D eigenvalue weighted by Crippen LogP contribution is -1.98. The minimum absolute atomic E-state index is 0.0106. The van der Waals surface area contributed by atoms with Crippen LogP contribution in [0.4, 0.5) is 0 Å². The number of aromatic hydroxyl groups is 1. The number of carbonyl (C=O) groups excluding carboxylic acids is 1. The molecule has 94 valence electrons. The highest BCUT2D eigenvalue weighted by Crippen LogP contribution is 2.24. The highest BCUT2D eigenvalue weighted by molar-refractivity contribution is 5.96. The van der Waals surface area contributed by atoms with Crippen LogP contribution >= 0.6 is 0 Å². The fourth-order valence-corrected chi connectivity index (χ4v) is 1.62. The van der Waals surface area contributed by atoms with Crippen LogP contribution in [0.3, 0.4) is 0 Å². The molecule has 0 amide bonds. The standard InChI is InChI=1S/C14H20O3/c1-3-4-5-6-9-17-12-7-8-13(11(2)15)14(16)10-12/h7-8,10,16H,3-6,9H2,1-2H3. The summed E-state index contributed by atoms with van der Waals surface area (Å²) in [7, 11) is 0. The summed E-state index contributed by atoms with van der Waals surface area (Å²) in [4.78, 5) is 11.1. The van der Waals surface area contributed by atoms with Crippen molar-refractivity contribution in [2.24, 2.45) is 0 Å². The first kappa shape index (κ1) is 13.6. The number of hydrogen-bond donors (Lipinski definition) is 1. The molecule has 17 heavy (non-hydrogen) atoms. The molecule has 0 saturated heterocycles. The zero-order chi connectivity index (χ0) is 12.7. The van der Waals surface area contributed by atoms with E-state index in [1.807, 2.05) is 0 Å². The predicted octanol–water partition coefficient (Wildman–Crippen LogP) is 3.55. The number of Topliss-reactive ketones (excluding diaryl/α,β-unsaturated/α-hetero) is 1. The van der Waals surface area contributed by atoms with Crippen molar-refractivity contribution in [3.63, 3.8) is 0 Å². The number of phenolic OH excluding ortho intramolecular Hbond substituents is 1. The monoisotopic (exact) mass is 236 g/mol. The van der Waals surface area contributed by atoms with Crippen molar-refractivity contribution < 1.29 is 14.6 Å². The van der Waals surface area contributed by atoms with Gasteiger partial charge in [-0.3, -0.25) is 4.79 Å². The molecule has 0 heterocycles. The van der Waals surface area contributed by atoms with Crippen molar-refractivity contribution in [1.82, 2.24) is 0 Å². The van der Waals surface area contributed by atoms with E-state index < -0.39 is 0 Å². The molecule has 1 N–H and O–H groups in total. The maximum Gasteiger partial charge on any atom is 0.163 e. The summed E-state index contributed by atoms with van der Waals surface area (Å²) >= 11 is 0. The number of benzene rings is 1. The number of ether oxygens (including phenoxy) is 1. The van der Waals surface area contributed by atoms with E-state index in [0.717, 1.165) is 12.8 Å². The van der Waals surface area contributed by atoms with Gasteiger partial charge in [0.2, 0.25) is 0 Å². The van der Waals surface area contributed by atoms with Gasteiger partial charge in [-0.2, -0.15) is 0 Å². The van der Waals surface area contributed by atoms with Gasteiger partial charge in [-0.1, -0.05) is 26.2 Å². The Hall–Kier alpha value is -1.51. The minimum Gasteiger partial charge on any atom is -0.507 e. The van der Waals surface area contributed by atoms with Gasteiger partial charge in [-0.15, -0.1) is 0 Å². The Bertz CT molecular complexity index is 372. The Morgan fingerprint density at radius 1 is 1.29 bits per heavy atom. The smallest absolute Gasteiger partial charge is 0.163 e. The first-order valence-electron chi connectivity index (χ1n) is 6.12. The molecule has 0 aromatic heterocycles. The lowest BCUT2D eigenvalue weighted by molar-refractivity contribution is 0.101. The first-order chi connectivity index (χ1) is 8.15. The fourth-order valence-electron chi connectivity index (χ4n) is 1.62. The summed E-state index contributed by atoms with van der Waals surface area (Å²) in [5, 5.41) is 9.60. The maximum absolute atomic E-state index is 11.1. The predicted molar refractivity (Wildman–Crippen MR) is 67.7 cm³/mol. The molecule has 0 atom stereocenters. The van der Waals surface area contributed by atoms with Gasteiger partial charge in [-0.25, -0.2) is 0 Å². The molecular formula is C14H20O3. The van der Waals surface area contributed by atoms with E-state index in [1.165, 1.54) is 25.8 Å². The summed E-state index contributed by atoms with van der Waals surface area (Å²) in [6.45, 7) is 4.25. The SMILES string of the molecule is CCCCCCOc1ccc(C(C)=O)c(O)c1. The third-order valence-electron chi connectivity index (χ3n) is 2.62. The molecule has 3 nitrogen and oxygen atoms in total. The van der Waals surface area contributed by atoms with Crippen LogP contribution in [0, 0.1) is 0 Å². The number of rotatable bonds is 7. The highest BCUT2D eigenvalue weighted by atomic mass is 16.5. The van der Waals surface area contributed by atoms with Crippen molar-refractivity contribution in [2.45, 2.75) is 39.5 Å².